The molecule has 8 nitrogen and oxygen atoms in total. The molecule has 2 fully saturated rings. The number of piperidine rings is 1. The molecule has 35 heavy (non-hydrogen) atoms. The highest BCUT2D eigenvalue weighted by Crippen LogP contribution is 2.34. The summed E-state index contributed by atoms with van der Waals surface area (Å²) in [5, 5.41) is 11.9. The summed E-state index contributed by atoms with van der Waals surface area (Å²) in [6.45, 7) is 5.11. The predicted molar refractivity (Wildman–Crippen MR) is 132 cm³/mol. The lowest BCUT2D eigenvalue weighted by Gasteiger charge is -2.39. The lowest BCUT2D eigenvalue weighted by Crippen LogP contribution is -2.53. The molecule has 188 valence electrons. The van der Waals surface area contributed by atoms with Crippen LogP contribution in [-0.4, -0.2) is 72.3 Å². The van der Waals surface area contributed by atoms with Gasteiger partial charge >= 0.3 is 6.03 Å². The number of imide groups is 1. The number of rotatable bonds is 10. The first-order valence-electron chi connectivity index (χ1n) is 12.2. The summed E-state index contributed by atoms with van der Waals surface area (Å²) in [6.07, 6.45) is 2.32. The fraction of sp³-hybridized carbons (Fsp3) is 0.481. The number of ether oxygens (including phenoxy) is 2. The third-order valence-electron chi connectivity index (χ3n) is 7.18. The Kier molecular flexibility index (Phi) is 7.93. The van der Waals surface area contributed by atoms with Crippen molar-refractivity contribution in [1.29, 1.82) is 0 Å². The average molecular weight is 482 g/mol. The van der Waals surface area contributed by atoms with Crippen LogP contribution in [0.5, 0.6) is 11.5 Å². The van der Waals surface area contributed by atoms with E-state index in [4.69, 9.17) is 14.6 Å². The third kappa shape index (κ3) is 5.77. The Morgan fingerprint density at radius 3 is 2.26 bits per heavy atom. The van der Waals surface area contributed by atoms with Gasteiger partial charge < -0.3 is 19.9 Å². The minimum atomic E-state index is -0.852. The first kappa shape index (κ1) is 25.0. The van der Waals surface area contributed by atoms with Crippen LogP contribution in [0.25, 0.3) is 0 Å². The van der Waals surface area contributed by atoms with Crippen LogP contribution in [0.1, 0.15) is 30.9 Å². The van der Waals surface area contributed by atoms with Crippen molar-refractivity contribution in [2.24, 2.45) is 5.92 Å². The third-order valence-corrected chi connectivity index (χ3v) is 7.18. The Bertz CT molecular complexity index is 1000. The molecule has 0 aliphatic carbocycles. The molecule has 0 bridgehead atoms. The van der Waals surface area contributed by atoms with Crippen molar-refractivity contribution in [1.82, 2.24) is 15.1 Å². The van der Waals surface area contributed by atoms with Gasteiger partial charge in [0.25, 0.3) is 5.91 Å². The van der Waals surface area contributed by atoms with Gasteiger partial charge in [-0.25, -0.2) is 4.79 Å². The molecular weight excluding hydrogens is 446 g/mol. The number of amides is 3. The Balaban J connectivity index is 1.29. The number of aliphatic hydroxyl groups is 1. The predicted octanol–water partition coefficient (Wildman–Crippen LogP) is 2.83. The summed E-state index contributed by atoms with van der Waals surface area (Å²) in [4.78, 5) is 29.8. The van der Waals surface area contributed by atoms with Crippen LogP contribution in [0.2, 0.25) is 0 Å². The number of methoxy groups -OCH3 is 1. The Morgan fingerprint density at radius 2 is 1.63 bits per heavy atom. The van der Waals surface area contributed by atoms with Crippen molar-refractivity contribution >= 4 is 11.9 Å². The van der Waals surface area contributed by atoms with Gasteiger partial charge in [-0.1, -0.05) is 24.3 Å². The zero-order valence-corrected chi connectivity index (χ0v) is 20.5. The molecule has 2 N–H and O–H groups in total. The molecule has 0 spiro atoms. The minimum Gasteiger partial charge on any atom is -0.497 e. The van der Waals surface area contributed by atoms with E-state index >= 15 is 0 Å². The molecule has 0 saturated carbocycles. The highest BCUT2D eigenvalue weighted by molar-refractivity contribution is 6.07. The van der Waals surface area contributed by atoms with Crippen molar-refractivity contribution in [3.8, 4) is 11.5 Å². The molecule has 2 saturated heterocycles. The lowest BCUT2D eigenvalue weighted by molar-refractivity contribution is -0.133. The van der Waals surface area contributed by atoms with E-state index in [0.717, 1.165) is 49.5 Å². The van der Waals surface area contributed by atoms with Crippen molar-refractivity contribution in [2.75, 3.05) is 40.0 Å². The Labute approximate surface area is 206 Å². The largest absolute Gasteiger partial charge is 0.497 e. The average Bonchev–Trinajstić information content (AvgIpc) is 3.11. The van der Waals surface area contributed by atoms with Crippen LogP contribution in [0.15, 0.2) is 48.5 Å². The van der Waals surface area contributed by atoms with Gasteiger partial charge in [0, 0.05) is 13.1 Å². The van der Waals surface area contributed by atoms with E-state index in [1.54, 1.807) is 7.11 Å². The molecule has 2 aliphatic rings. The minimum absolute atomic E-state index is 0.000989. The van der Waals surface area contributed by atoms with Crippen LogP contribution < -0.4 is 14.8 Å². The molecule has 1 unspecified atom stereocenters. The molecule has 2 aliphatic heterocycles. The maximum absolute atomic E-state index is 13.3. The number of carbonyl (C=O) groups is 2. The molecule has 2 heterocycles. The van der Waals surface area contributed by atoms with Gasteiger partial charge in [-0.2, -0.15) is 0 Å². The molecule has 4 rings (SSSR count). The van der Waals surface area contributed by atoms with Gasteiger partial charge in [0.2, 0.25) is 0 Å². The van der Waals surface area contributed by atoms with E-state index in [-0.39, 0.29) is 24.5 Å². The Hall–Kier alpha value is -3.10. The second-order valence-corrected chi connectivity index (χ2v) is 9.45. The van der Waals surface area contributed by atoms with Crippen LogP contribution >= 0.6 is 0 Å². The number of likely N-dealkylation sites (tertiary alicyclic amines) is 1. The number of hydrogen-bond donors (Lipinski definition) is 2. The summed E-state index contributed by atoms with van der Waals surface area (Å²) in [7, 11) is 1.63. The SMILES string of the molecule is COc1ccc(CCN2C(=O)NC(C)(C3CCN(Cc4ccc(OCCO)cc4)CC3)C2=O)cc1. The van der Waals surface area contributed by atoms with Gasteiger partial charge in [-0.05, 0) is 80.6 Å². The molecule has 0 aromatic heterocycles. The fourth-order valence-electron chi connectivity index (χ4n) is 5.01. The first-order chi connectivity index (χ1) is 16.9. The molecule has 2 aromatic carbocycles. The van der Waals surface area contributed by atoms with E-state index in [2.05, 4.69) is 10.2 Å². The molecule has 0 radical (unpaired) electrons. The number of aliphatic hydroxyl groups excluding tert-OH is 1. The van der Waals surface area contributed by atoms with Crippen molar-refractivity contribution in [2.45, 2.75) is 38.3 Å². The monoisotopic (exact) mass is 481 g/mol. The van der Waals surface area contributed by atoms with E-state index < -0.39 is 5.54 Å². The van der Waals surface area contributed by atoms with E-state index in [9.17, 15) is 9.59 Å². The molecule has 2 aromatic rings. The second-order valence-electron chi connectivity index (χ2n) is 9.45. The summed E-state index contributed by atoms with van der Waals surface area (Å²) < 4.78 is 10.6. The molecular formula is C27H35N3O5. The molecule has 1 atom stereocenters. The lowest BCUT2D eigenvalue weighted by atomic mass is 9.79. The number of benzene rings is 2. The second kappa shape index (κ2) is 11.1. The molecule has 3 amide bonds. The summed E-state index contributed by atoms with van der Waals surface area (Å²) >= 11 is 0. The van der Waals surface area contributed by atoms with Gasteiger partial charge in [-0.3, -0.25) is 14.6 Å². The maximum Gasteiger partial charge on any atom is 0.325 e. The zero-order chi connectivity index (χ0) is 24.8. The topological polar surface area (TPSA) is 91.3 Å². The van der Waals surface area contributed by atoms with E-state index in [1.807, 2.05) is 55.5 Å². The molecule has 8 heteroatoms. The highest BCUT2D eigenvalue weighted by Gasteiger charge is 2.52. The van der Waals surface area contributed by atoms with Crippen LogP contribution in [0, 0.1) is 5.92 Å². The quantitative estimate of drug-likeness (QED) is 0.507. The summed E-state index contributed by atoms with van der Waals surface area (Å²) in [5.41, 5.74) is 1.40. The van der Waals surface area contributed by atoms with Gasteiger partial charge in [0.1, 0.15) is 23.6 Å². The number of hydrogen-bond acceptors (Lipinski definition) is 6. The first-order valence-corrected chi connectivity index (χ1v) is 12.2. The van der Waals surface area contributed by atoms with Crippen LogP contribution in [0.3, 0.4) is 0 Å². The summed E-state index contributed by atoms with van der Waals surface area (Å²) in [5.74, 6) is 1.52. The van der Waals surface area contributed by atoms with Crippen molar-refractivity contribution in [3.05, 3.63) is 59.7 Å². The summed E-state index contributed by atoms with van der Waals surface area (Å²) in [6, 6.07) is 15.3. The standard InChI is InChI=1S/C27H35N3O5/c1-27(25(32)30(26(33)28-27)16-11-20-3-7-23(34-2)8-4-20)22-12-14-29(15-13-22)19-21-5-9-24(10-6-21)35-18-17-31/h3-10,22,31H,11-19H2,1-2H3,(H,28,33). The van der Waals surface area contributed by atoms with Gasteiger partial charge in [0.05, 0.1) is 13.7 Å². The maximum atomic E-state index is 13.3. The van der Waals surface area contributed by atoms with Crippen LogP contribution in [0.4, 0.5) is 4.79 Å². The zero-order valence-electron chi connectivity index (χ0n) is 20.5. The number of urea groups is 1. The fourth-order valence-corrected chi connectivity index (χ4v) is 5.01. The van der Waals surface area contributed by atoms with Crippen molar-refractivity contribution < 1.29 is 24.2 Å². The van der Waals surface area contributed by atoms with Crippen molar-refractivity contribution in [3.63, 3.8) is 0 Å². The van der Waals surface area contributed by atoms with Crippen LogP contribution in [-0.2, 0) is 17.8 Å². The van der Waals surface area contributed by atoms with E-state index in [1.165, 1.54) is 10.5 Å². The van der Waals surface area contributed by atoms with Gasteiger partial charge in [-0.15, -0.1) is 0 Å². The highest BCUT2D eigenvalue weighted by atomic mass is 16.5. The normalized spacial score (nSPS) is 21.3. The smallest absolute Gasteiger partial charge is 0.325 e. The van der Waals surface area contributed by atoms with Gasteiger partial charge in [0.15, 0.2) is 0 Å². The number of carbonyl (C=O) groups excluding carboxylic acids is 2. The van der Waals surface area contributed by atoms with E-state index in [0.29, 0.717) is 19.6 Å². The Morgan fingerprint density at radius 1 is 1.00 bits per heavy atom. The number of nitrogens with zero attached hydrogens (tertiary/aromatic N) is 2. The number of nitrogens with one attached hydrogen (secondary N) is 1.